The zero-order valence-corrected chi connectivity index (χ0v) is 23.0. The summed E-state index contributed by atoms with van der Waals surface area (Å²) in [5, 5.41) is 0. The van der Waals surface area contributed by atoms with E-state index in [0.29, 0.717) is 48.2 Å². The smallest absolute Gasteiger partial charge is 0.279 e. The summed E-state index contributed by atoms with van der Waals surface area (Å²) >= 11 is 1.40. The number of hydrogen-bond acceptors (Lipinski definition) is 7. The van der Waals surface area contributed by atoms with Crippen molar-refractivity contribution in [3.8, 4) is 11.5 Å². The summed E-state index contributed by atoms with van der Waals surface area (Å²) in [4.78, 5) is 18.1. The van der Waals surface area contributed by atoms with E-state index in [1.54, 1.807) is 24.3 Å². The molecule has 0 aliphatic carbocycles. The molecule has 4 aromatic rings. The second-order valence-electron chi connectivity index (χ2n) is 8.07. The number of anilines is 1. The highest BCUT2D eigenvalue weighted by Crippen LogP contribution is 2.24. The van der Waals surface area contributed by atoms with Gasteiger partial charge in [-0.05, 0) is 80.6 Å². The lowest BCUT2D eigenvalue weighted by Crippen LogP contribution is -2.19. The maximum Gasteiger partial charge on any atom is 0.279 e. The number of fused-ring (bicyclic) bond motifs is 1. The monoisotopic (exact) mass is 555 g/mol. The molecule has 4 rings (SSSR count). The molecule has 9 nitrogen and oxygen atoms in total. The number of benzene rings is 3. The van der Waals surface area contributed by atoms with E-state index in [1.165, 1.54) is 42.7 Å². The van der Waals surface area contributed by atoms with E-state index in [4.69, 9.17) is 14.2 Å². The van der Waals surface area contributed by atoms with Crippen molar-refractivity contribution in [1.82, 2.24) is 4.57 Å². The van der Waals surface area contributed by atoms with Crippen LogP contribution in [0.4, 0.5) is 5.69 Å². The van der Waals surface area contributed by atoms with Gasteiger partial charge in [0.1, 0.15) is 11.5 Å². The lowest BCUT2D eigenvalue weighted by Gasteiger charge is -2.09. The van der Waals surface area contributed by atoms with Crippen molar-refractivity contribution >= 4 is 43.2 Å². The van der Waals surface area contributed by atoms with Crippen molar-refractivity contribution < 1.29 is 27.4 Å². The third-order valence-corrected chi connectivity index (χ3v) is 8.02. The number of nitrogens with zero attached hydrogens (tertiary/aromatic N) is 2. The summed E-state index contributed by atoms with van der Waals surface area (Å²) in [5.41, 5.74) is 1.60. The fraction of sp³-hybridized carbons (Fsp3) is 0.259. The van der Waals surface area contributed by atoms with Crippen molar-refractivity contribution in [1.29, 1.82) is 0 Å². The Morgan fingerprint density at radius 2 is 1.68 bits per heavy atom. The SMILES string of the molecule is CCOCCn1c(=NC(=O)c2ccc(NS(=O)(=O)c3ccc(OC)cc3)cc2)sc2cc(OCC)ccc21. The summed E-state index contributed by atoms with van der Waals surface area (Å²) in [7, 11) is -2.29. The first-order valence-electron chi connectivity index (χ1n) is 12.0. The average molecular weight is 556 g/mol. The fourth-order valence-corrected chi connectivity index (χ4v) is 5.85. The van der Waals surface area contributed by atoms with Gasteiger partial charge in [-0.1, -0.05) is 11.3 Å². The number of carbonyl (C=O) groups excluding carboxylic acids is 1. The molecule has 1 heterocycles. The third kappa shape index (κ3) is 6.42. The molecular weight excluding hydrogens is 526 g/mol. The predicted octanol–water partition coefficient (Wildman–Crippen LogP) is 4.69. The zero-order chi connectivity index (χ0) is 27.1. The molecule has 0 radical (unpaired) electrons. The minimum Gasteiger partial charge on any atom is -0.497 e. The molecule has 200 valence electrons. The zero-order valence-electron chi connectivity index (χ0n) is 21.3. The van der Waals surface area contributed by atoms with Crippen LogP contribution >= 0.6 is 11.3 Å². The molecule has 0 aliphatic rings. The molecule has 38 heavy (non-hydrogen) atoms. The van der Waals surface area contributed by atoms with Gasteiger partial charge in [-0.25, -0.2) is 8.42 Å². The lowest BCUT2D eigenvalue weighted by atomic mass is 10.2. The molecule has 1 amide bonds. The highest BCUT2D eigenvalue weighted by molar-refractivity contribution is 7.92. The van der Waals surface area contributed by atoms with E-state index in [-0.39, 0.29) is 4.90 Å². The summed E-state index contributed by atoms with van der Waals surface area (Å²) in [6, 6.07) is 18.0. The first-order valence-corrected chi connectivity index (χ1v) is 14.3. The number of carbonyl (C=O) groups is 1. The van der Waals surface area contributed by atoms with Gasteiger partial charge < -0.3 is 18.8 Å². The normalized spacial score (nSPS) is 12.0. The minimum atomic E-state index is -3.80. The topological polar surface area (TPSA) is 108 Å². The molecule has 1 N–H and O–H groups in total. The predicted molar refractivity (Wildman–Crippen MR) is 148 cm³/mol. The Bertz CT molecular complexity index is 1570. The molecule has 0 atom stereocenters. The highest BCUT2D eigenvalue weighted by atomic mass is 32.2. The van der Waals surface area contributed by atoms with Crippen LogP contribution in [0.5, 0.6) is 11.5 Å². The number of amides is 1. The van der Waals surface area contributed by atoms with Crippen molar-refractivity contribution in [2.45, 2.75) is 25.3 Å². The van der Waals surface area contributed by atoms with Crippen LogP contribution in [0.3, 0.4) is 0 Å². The Labute approximate surface area is 225 Å². The average Bonchev–Trinajstić information content (AvgIpc) is 3.25. The summed E-state index contributed by atoms with van der Waals surface area (Å²) in [6.45, 7) is 6.04. The molecule has 1 aromatic heterocycles. The molecule has 0 saturated carbocycles. The van der Waals surface area contributed by atoms with Gasteiger partial charge in [0.05, 0.1) is 35.4 Å². The van der Waals surface area contributed by atoms with E-state index in [1.807, 2.05) is 36.6 Å². The number of thiazole rings is 1. The first-order chi connectivity index (χ1) is 18.3. The van der Waals surface area contributed by atoms with Crippen LogP contribution < -0.4 is 19.0 Å². The number of sulfonamides is 1. The molecule has 0 aliphatic heterocycles. The minimum absolute atomic E-state index is 0.0994. The summed E-state index contributed by atoms with van der Waals surface area (Å²) in [5.74, 6) is 0.878. The lowest BCUT2D eigenvalue weighted by molar-refractivity contribution is 0.0996. The number of ether oxygens (including phenoxy) is 3. The largest absolute Gasteiger partial charge is 0.497 e. The van der Waals surface area contributed by atoms with Crippen LogP contribution in [-0.4, -0.2) is 45.8 Å². The molecule has 0 spiro atoms. The highest BCUT2D eigenvalue weighted by Gasteiger charge is 2.15. The number of hydrogen-bond donors (Lipinski definition) is 1. The van der Waals surface area contributed by atoms with E-state index in [9.17, 15) is 13.2 Å². The number of methoxy groups -OCH3 is 1. The first kappa shape index (κ1) is 27.4. The van der Waals surface area contributed by atoms with Crippen LogP contribution in [0.25, 0.3) is 10.2 Å². The van der Waals surface area contributed by atoms with Gasteiger partial charge in [-0.2, -0.15) is 4.99 Å². The van der Waals surface area contributed by atoms with Crippen LogP contribution in [0.2, 0.25) is 0 Å². The Hall–Kier alpha value is -3.67. The van der Waals surface area contributed by atoms with Crippen LogP contribution in [0, 0.1) is 0 Å². The Morgan fingerprint density at radius 1 is 0.974 bits per heavy atom. The van der Waals surface area contributed by atoms with Crippen molar-refractivity contribution in [2.24, 2.45) is 4.99 Å². The van der Waals surface area contributed by atoms with Crippen molar-refractivity contribution in [3.05, 3.63) is 77.1 Å². The number of aromatic nitrogens is 1. The van der Waals surface area contributed by atoms with E-state index in [2.05, 4.69) is 9.71 Å². The molecule has 11 heteroatoms. The van der Waals surface area contributed by atoms with Crippen LogP contribution in [-0.2, 0) is 21.3 Å². The second-order valence-corrected chi connectivity index (χ2v) is 10.8. The third-order valence-electron chi connectivity index (χ3n) is 5.58. The Balaban J connectivity index is 1.58. The number of nitrogens with one attached hydrogen (secondary N) is 1. The summed E-state index contributed by atoms with van der Waals surface area (Å²) in [6.07, 6.45) is 0. The van der Waals surface area contributed by atoms with Gasteiger partial charge >= 0.3 is 0 Å². The fourth-order valence-electron chi connectivity index (χ4n) is 3.71. The molecular formula is C27H29N3O6S2. The molecule has 0 fully saturated rings. The van der Waals surface area contributed by atoms with Crippen LogP contribution in [0.1, 0.15) is 24.2 Å². The molecule has 0 unspecified atom stereocenters. The molecule has 0 saturated heterocycles. The van der Waals surface area contributed by atoms with Crippen LogP contribution in [0.15, 0.2) is 76.6 Å². The Kier molecular flexibility index (Phi) is 8.82. The van der Waals surface area contributed by atoms with Gasteiger partial charge in [-0.15, -0.1) is 0 Å². The van der Waals surface area contributed by atoms with Gasteiger partial charge in [-0.3, -0.25) is 9.52 Å². The van der Waals surface area contributed by atoms with Gasteiger partial charge in [0.25, 0.3) is 15.9 Å². The van der Waals surface area contributed by atoms with Gasteiger partial charge in [0.2, 0.25) is 0 Å². The summed E-state index contributed by atoms with van der Waals surface area (Å²) < 4.78 is 47.0. The van der Waals surface area contributed by atoms with E-state index in [0.717, 1.165) is 16.0 Å². The Morgan fingerprint density at radius 3 is 2.34 bits per heavy atom. The van der Waals surface area contributed by atoms with Gasteiger partial charge in [0, 0.05) is 24.4 Å². The van der Waals surface area contributed by atoms with E-state index >= 15 is 0 Å². The van der Waals surface area contributed by atoms with Crippen molar-refractivity contribution in [2.75, 3.05) is 31.7 Å². The van der Waals surface area contributed by atoms with Crippen molar-refractivity contribution in [3.63, 3.8) is 0 Å². The molecule has 0 bridgehead atoms. The quantitative estimate of drug-likeness (QED) is 0.269. The maximum atomic E-state index is 13.0. The standard InChI is InChI=1S/C27H29N3O6S2/c1-4-35-17-16-30-24-15-12-22(36-5-2)18-25(24)37-27(30)28-26(31)19-6-8-20(9-7-19)29-38(32,33)23-13-10-21(34-3)11-14-23/h6-15,18,29H,4-5,16-17H2,1-3H3. The number of rotatable bonds is 11. The maximum absolute atomic E-state index is 13.0. The van der Waals surface area contributed by atoms with E-state index < -0.39 is 15.9 Å². The second kappa shape index (κ2) is 12.2. The van der Waals surface area contributed by atoms with Gasteiger partial charge in [0.15, 0.2) is 4.80 Å². The molecule has 3 aromatic carbocycles.